The lowest BCUT2D eigenvalue weighted by molar-refractivity contribution is 0.771. The molecule has 0 spiro atoms. The van der Waals surface area contributed by atoms with E-state index in [1.807, 2.05) is 138 Å². The molecule has 5 aliphatic carbocycles. The number of aromatic nitrogens is 9. The molecule has 23 rings (SSSR count). The first-order valence-electron chi connectivity index (χ1n) is 50.1. The van der Waals surface area contributed by atoms with Gasteiger partial charge in [0.25, 0.3) is 0 Å². The summed E-state index contributed by atoms with van der Waals surface area (Å²) in [5, 5.41) is 10.7. The van der Waals surface area contributed by atoms with E-state index in [-0.39, 0.29) is 0 Å². The number of benzene rings is 15. The SMILES string of the molecule is CC.CC.CC.CC.CC.CC.CC.CCc1nc(C)nc(CC)n1.CCc1nc(C)nc(CC)n1.CCc1nc(CC)nc(CC)n1.c1ccc2c(c1)Cc1cc3ccccc3cc1-2.c1ccc2c(c1)Cc1cc3ccccc3cc1-2.c1ccc2c(c1)Cc1cc3ccccc3cc1-2.c1ccc2c(c1)Cc1ccccc1-2.c1ccc2c(c1)Cc1ccccc1-2.c1ccc2ccccc2c1. The van der Waals surface area contributed by atoms with E-state index in [1.165, 1.54) is 154 Å². The molecular weight excluding hydrogens is 1640 g/mol. The maximum atomic E-state index is 4.30. The summed E-state index contributed by atoms with van der Waals surface area (Å²) in [5.41, 5.74) is 28.7. The monoisotopic (exact) mass is 1790 g/mol. The van der Waals surface area contributed by atoms with Crippen molar-refractivity contribution in [2.45, 2.75) is 236 Å². The maximum absolute atomic E-state index is 4.30. The Labute approximate surface area is 810 Å². The van der Waals surface area contributed by atoms with Crippen molar-refractivity contribution in [2.75, 3.05) is 0 Å². The van der Waals surface area contributed by atoms with E-state index in [0.29, 0.717) is 0 Å². The van der Waals surface area contributed by atoms with Crippen LogP contribution in [0.4, 0.5) is 0 Å². The lowest BCUT2D eigenvalue weighted by Crippen LogP contribution is -2.05. The van der Waals surface area contributed by atoms with Gasteiger partial charge in [-0.2, -0.15) is 0 Å². The minimum Gasteiger partial charge on any atom is -0.218 e. The van der Waals surface area contributed by atoms with Gasteiger partial charge in [-0.3, -0.25) is 0 Å². The van der Waals surface area contributed by atoms with Gasteiger partial charge in [-0.1, -0.05) is 455 Å². The lowest BCUT2D eigenvalue weighted by Gasteiger charge is -2.03. The first-order chi connectivity index (χ1) is 66.4. The quantitative estimate of drug-likeness (QED) is 0.154. The van der Waals surface area contributed by atoms with Gasteiger partial charge in [0.1, 0.15) is 52.4 Å². The minimum atomic E-state index is 0.828. The van der Waals surface area contributed by atoms with Crippen LogP contribution in [-0.2, 0) is 77.0 Å². The molecule has 3 heterocycles. The van der Waals surface area contributed by atoms with Gasteiger partial charge >= 0.3 is 0 Å². The van der Waals surface area contributed by atoms with Crippen LogP contribution in [-0.4, -0.2) is 44.9 Å². The van der Waals surface area contributed by atoms with Gasteiger partial charge in [0.2, 0.25) is 0 Å². The zero-order valence-corrected chi connectivity index (χ0v) is 85.2. The molecule has 15 aromatic carbocycles. The summed E-state index contributed by atoms with van der Waals surface area (Å²) in [6, 6.07) is 117. The Morgan fingerprint density at radius 3 is 0.459 bits per heavy atom. The molecule has 0 N–H and O–H groups in total. The summed E-state index contributed by atoms with van der Waals surface area (Å²) in [7, 11) is 0. The van der Waals surface area contributed by atoms with Crippen LogP contribution in [0.1, 0.15) is 253 Å². The molecule has 0 fully saturated rings. The van der Waals surface area contributed by atoms with Crippen LogP contribution >= 0.6 is 0 Å². The van der Waals surface area contributed by atoms with Crippen LogP contribution in [0.25, 0.3) is 98.7 Å². The van der Waals surface area contributed by atoms with Crippen molar-refractivity contribution in [1.29, 1.82) is 0 Å². The Morgan fingerprint density at radius 2 is 0.281 bits per heavy atom. The highest BCUT2D eigenvalue weighted by Crippen LogP contribution is 2.43. The molecule has 18 aromatic rings. The highest BCUT2D eigenvalue weighted by molar-refractivity contribution is 5.95. The number of nitrogens with zero attached hydrogens (tertiary/aromatic N) is 9. The average molecular weight is 1790 g/mol. The molecule has 9 nitrogen and oxygen atoms in total. The van der Waals surface area contributed by atoms with E-state index < -0.39 is 0 Å². The van der Waals surface area contributed by atoms with E-state index in [0.717, 1.165) is 129 Å². The summed E-state index contributed by atoms with van der Waals surface area (Å²) >= 11 is 0. The molecule has 696 valence electrons. The molecule has 9 heteroatoms. The number of aryl methyl sites for hydroxylation is 9. The van der Waals surface area contributed by atoms with E-state index in [4.69, 9.17) is 0 Å². The summed E-state index contributed by atoms with van der Waals surface area (Å²) in [4.78, 5) is 38.1. The Hall–Kier alpha value is -13.6. The van der Waals surface area contributed by atoms with Crippen LogP contribution in [0, 0.1) is 13.8 Å². The fourth-order valence-electron chi connectivity index (χ4n) is 16.6. The largest absolute Gasteiger partial charge is 0.218 e. The molecule has 0 saturated heterocycles. The second-order valence-corrected chi connectivity index (χ2v) is 30.9. The van der Waals surface area contributed by atoms with Crippen molar-refractivity contribution in [2.24, 2.45) is 0 Å². The first kappa shape index (κ1) is 107. The summed E-state index contributed by atoms with van der Waals surface area (Å²) in [6.07, 6.45) is 11.7. The zero-order chi connectivity index (χ0) is 97.4. The van der Waals surface area contributed by atoms with Crippen LogP contribution in [0.5, 0.6) is 0 Å². The maximum Gasteiger partial charge on any atom is 0.132 e. The molecule has 0 amide bonds. The van der Waals surface area contributed by atoms with E-state index in [9.17, 15) is 0 Å². The van der Waals surface area contributed by atoms with Crippen molar-refractivity contribution in [1.82, 2.24) is 44.9 Å². The Balaban J connectivity index is 0.000000185. The van der Waals surface area contributed by atoms with Crippen LogP contribution in [0.15, 0.2) is 328 Å². The molecular formula is C126H147N9. The Kier molecular flexibility index (Phi) is 45.6. The van der Waals surface area contributed by atoms with Crippen molar-refractivity contribution in [3.63, 3.8) is 0 Å². The topological polar surface area (TPSA) is 116 Å². The van der Waals surface area contributed by atoms with E-state index >= 15 is 0 Å². The smallest absolute Gasteiger partial charge is 0.132 e. The summed E-state index contributed by atoms with van der Waals surface area (Å²) < 4.78 is 0. The van der Waals surface area contributed by atoms with Crippen LogP contribution in [0.2, 0.25) is 0 Å². The molecule has 0 radical (unpaired) electrons. The summed E-state index contributed by atoms with van der Waals surface area (Å²) in [6.45, 7) is 46.2. The molecule has 0 saturated carbocycles. The average Bonchev–Trinajstić information content (AvgIpc) is 1.62. The van der Waals surface area contributed by atoms with E-state index in [1.54, 1.807) is 0 Å². The second-order valence-electron chi connectivity index (χ2n) is 30.9. The number of hydrogen-bond donors (Lipinski definition) is 0. The van der Waals surface area contributed by atoms with Gasteiger partial charge in [-0.15, -0.1) is 0 Å². The predicted octanol–water partition coefficient (Wildman–Crippen LogP) is 33.9. The molecule has 0 unspecified atom stereocenters. The van der Waals surface area contributed by atoms with Crippen molar-refractivity contribution < 1.29 is 0 Å². The fraction of sp³-hybridized carbons (Fsp3) is 0.278. The molecule has 3 aromatic heterocycles. The van der Waals surface area contributed by atoms with Gasteiger partial charge in [0, 0.05) is 44.9 Å². The molecule has 135 heavy (non-hydrogen) atoms. The third kappa shape index (κ3) is 29.2. The number of rotatable bonds is 7. The van der Waals surface area contributed by atoms with Crippen LogP contribution < -0.4 is 0 Å². The highest BCUT2D eigenvalue weighted by atomic mass is 15.0. The predicted molar refractivity (Wildman–Crippen MR) is 584 cm³/mol. The number of hydrogen-bond acceptors (Lipinski definition) is 9. The third-order valence-electron chi connectivity index (χ3n) is 22.7. The Morgan fingerprint density at radius 1 is 0.148 bits per heavy atom. The van der Waals surface area contributed by atoms with Gasteiger partial charge in [0.05, 0.1) is 0 Å². The molecule has 0 aliphatic heterocycles. The molecule has 0 bridgehead atoms. The molecule has 5 aliphatic rings. The minimum absolute atomic E-state index is 0.828. The standard InChI is InChI=1S/3C17H12.2C13H10.C10H8.C9H15N3.2C8H13N3.7C2H6/c3*1-2-6-13-11-17-15(9-12(13)5-1)10-14-7-3-4-8-16(14)17;2*1-3-7-12-10(5-1)9-11-6-2-4-8-13(11)12;1-2-6-10-8-4-3-7-9(10)5-1;1-4-7-10-8(5-2)12-9(6-3)11-7;2*1-4-7-9-6(3)10-8(5-2)11-7;7*1-2/h3*1-9,11H,10H2;2*1-8H,9H2;1-8H;4-6H2,1-3H3;2*4-5H2,1-3H3;7*1-2H3. The van der Waals surface area contributed by atoms with Gasteiger partial charge in [-0.25, -0.2) is 44.9 Å². The summed E-state index contributed by atoms with van der Waals surface area (Å²) in [5.74, 6) is 7.99. The van der Waals surface area contributed by atoms with Crippen LogP contribution in [0.3, 0.4) is 0 Å². The van der Waals surface area contributed by atoms with Crippen molar-refractivity contribution in [3.8, 4) is 55.6 Å². The van der Waals surface area contributed by atoms with Gasteiger partial charge in [0.15, 0.2) is 0 Å². The normalized spacial score (nSPS) is 10.7. The van der Waals surface area contributed by atoms with Crippen molar-refractivity contribution >= 4 is 43.1 Å². The highest BCUT2D eigenvalue weighted by Gasteiger charge is 2.23. The van der Waals surface area contributed by atoms with Gasteiger partial charge in [-0.05, 0) is 219 Å². The van der Waals surface area contributed by atoms with E-state index in [2.05, 4.69) is 393 Å². The third-order valence-corrected chi connectivity index (χ3v) is 22.7. The Bertz CT molecular complexity index is 5940. The lowest BCUT2D eigenvalue weighted by atomic mass is 10.0. The zero-order valence-electron chi connectivity index (χ0n) is 85.2. The first-order valence-corrected chi connectivity index (χ1v) is 50.1. The second kappa shape index (κ2) is 57.7. The molecule has 0 atom stereocenters. The fourth-order valence-corrected chi connectivity index (χ4v) is 16.6. The van der Waals surface area contributed by atoms with Gasteiger partial charge < -0.3 is 0 Å². The number of fused-ring (bicyclic) bond motifs is 19. The van der Waals surface area contributed by atoms with Crippen molar-refractivity contribution in [3.05, 3.63) is 436 Å².